The minimum Gasteiger partial charge on any atom is -0.370 e. The summed E-state index contributed by atoms with van der Waals surface area (Å²) in [5.74, 6) is 1.60. The van der Waals surface area contributed by atoms with Crippen LogP contribution in [0.3, 0.4) is 0 Å². The molecule has 0 saturated heterocycles. The Morgan fingerprint density at radius 3 is 2.77 bits per heavy atom. The Labute approximate surface area is 87.9 Å². The first kappa shape index (κ1) is 10.5. The van der Waals surface area contributed by atoms with Crippen molar-refractivity contribution in [3.05, 3.63) is 22.3 Å². The molecule has 0 fully saturated rings. The maximum atomic E-state index is 4.25. The van der Waals surface area contributed by atoms with Gasteiger partial charge >= 0.3 is 0 Å². The highest BCUT2D eigenvalue weighted by molar-refractivity contribution is 9.10. The molecule has 1 heterocycles. The molecule has 0 atom stereocenters. The Morgan fingerprint density at radius 2 is 2.23 bits per heavy atom. The summed E-state index contributed by atoms with van der Waals surface area (Å²) in [5, 5.41) is 3.28. The van der Waals surface area contributed by atoms with Gasteiger partial charge in [0.15, 0.2) is 0 Å². The third-order valence-electron chi connectivity index (χ3n) is 1.74. The molecule has 1 aromatic rings. The largest absolute Gasteiger partial charge is 0.370 e. The highest BCUT2D eigenvalue weighted by Crippen LogP contribution is 2.17. The molecule has 0 aliphatic rings. The Morgan fingerprint density at radius 1 is 1.54 bits per heavy atom. The van der Waals surface area contributed by atoms with Crippen LogP contribution in [-0.4, -0.2) is 11.5 Å². The van der Waals surface area contributed by atoms with Gasteiger partial charge < -0.3 is 5.32 Å². The maximum absolute atomic E-state index is 4.25. The van der Waals surface area contributed by atoms with E-state index in [1.807, 2.05) is 12.3 Å². The summed E-state index contributed by atoms with van der Waals surface area (Å²) in [4.78, 5) is 4.25. The molecular formula is C10H15BrN2. The maximum Gasteiger partial charge on any atom is 0.126 e. The van der Waals surface area contributed by atoms with Gasteiger partial charge in [0.2, 0.25) is 0 Å². The van der Waals surface area contributed by atoms with Gasteiger partial charge in [-0.15, -0.1) is 0 Å². The van der Waals surface area contributed by atoms with Gasteiger partial charge in [0, 0.05) is 17.2 Å². The van der Waals surface area contributed by atoms with Crippen LogP contribution >= 0.6 is 15.9 Å². The van der Waals surface area contributed by atoms with Crippen molar-refractivity contribution in [2.45, 2.75) is 20.8 Å². The zero-order valence-corrected chi connectivity index (χ0v) is 9.85. The minimum atomic E-state index is 0.644. The lowest BCUT2D eigenvalue weighted by Crippen LogP contribution is -2.09. The van der Waals surface area contributed by atoms with Gasteiger partial charge in [-0.25, -0.2) is 4.98 Å². The lowest BCUT2D eigenvalue weighted by Gasteiger charge is -2.08. The first-order valence-electron chi connectivity index (χ1n) is 4.45. The van der Waals surface area contributed by atoms with E-state index >= 15 is 0 Å². The number of anilines is 1. The van der Waals surface area contributed by atoms with Gasteiger partial charge in [-0.2, -0.15) is 0 Å². The van der Waals surface area contributed by atoms with Crippen LogP contribution in [0.2, 0.25) is 0 Å². The van der Waals surface area contributed by atoms with E-state index in [-0.39, 0.29) is 0 Å². The number of rotatable bonds is 3. The van der Waals surface area contributed by atoms with Crippen molar-refractivity contribution in [2.75, 3.05) is 11.9 Å². The van der Waals surface area contributed by atoms with Gasteiger partial charge in [0.05, 0.1) is 0 Å². The Hall–Kier alpha value is -0.570. The standard InChI is InChI=1S/C10H15BrN2/c1-7(2)5-12-10-4-8(3)9(11)6-13-10/h4,6-7H,5H2,1-3H3,(H,12,13). The van der Waals surface area contributed by atoms with Crippen LogP contribution in [0.15, 0.2) is 16.7 Å². The number of nitrogens with zero attached hydrogens (tertiary/aromatic N) is 1. The molecule has 0 spiro atoms. The molecule has 0 aromatic carbocycles. The molecule has 1 rings (SSSR count). The van der Waals surface area contributed by atoms with Crippen LogP contribution in [0.5, 0.6) is 0 Å². The van der Waals surface area contributed by atoms with Crippen molar-refractivity contribution in [1.82, 2.24) is 4.98 Å². The number of hydrogen-bond acceptors (Lipinski definition) is 2. The first-order valence-corrected chi connectivity index (χ1v) is 5.25. The van der Waals surface area contributed by atoms with Gasteiger partial charge in [-0.05, 0) is 40.4 Å². The van der Waals surface area contributed by atoms with Gasteiger partial charge in [-0.3, -0.25) is 0 Å². The van der Waals surface area contributed by atoms with Crippen LogP contribution in [0, 0.1) is 12.8 Å². The summed E-state index contributed by atoms with van der Waals surface area (Å²) in [5.41, 5.74) is 1.21. The normalized spacial score (nSPS) is 10.5. The predicted molar refractivity (Wildman–Crippen MR) is 60.0 cm³/mol. The zero-order chi connectivity index (χ0) is 9.84. The number of aryl methyl sites for hydroxylation is 1. The predicted octanol–water partition coefficient (Wildman–Crippen LogP) is 3.22. The van der Waals surface area contributed by atoms with Gasteiger partial charge in [0.1, 0.15) is 5.82 Å². The van der Waals surface area contributed by atoms with Crippen molar-refractivity contribution in [3.63, 3.8) is 0 Å². The molecule has 72 valence electrons. The molecule has 0 amide bonds. The highest BCUT2D eigenvalue weighted by atomic mass is 79.9. The van der Waals surface area contributed by atoms with E-state index in [1.165, 1.54) is 5.56 Å². The molecule has 1 N–H and O–H groups in total. The lowest BCUT2D eigenvalue weighted by atomic mass is 10.2. The second-order valence-corrected chi connectivity index (χ2v) is 4.45. The summed E-state index contributed by atoms with van der Waals surface area (Å²) in [6, 6.07) is 2.05. The Kier molecular flexibility index (Phi) is 3.72. The lowest BCUT2D eigenvalue weighted by molar-refractivity contribution is 0.687. The average molecular weight is 243 g/mol. The number of halogens is 1. The Balaban J connectivity index is 2.63. The van der Waals surface area contributed by atoms with Crippen LogP contribution in [0.25, 0.3) is 0 Å². The van der Waals surface area contributed by atoms with Crippen molar-refractivity contribution in [3.8, 4) is 0 Å². The highest BCUT2D eigenvalue weighted by Gasteiger charge is 1.99. The fourth-order valence-corrected chi connectivity index (χ4v) is 1.16. The second kappa shape index (κ2) is 4.61. The van der Waals surface area contributed by atoms with Gasteiger partial charge in [-0.1, -0.05) is 13.8 Å². The molecule has 0 unspecified atom stereocenters. The van der Waals surface area contributed by atoms with E-state index in [2.05, 4.69) is 47.0 Å². The van der Waals surface area contributed by atoms with E-state index < -0.39 is 0 Å². The molecule has 0 saturated carbocycles. The number of nitrogens with one attached hydrogen (secondary N) is 1. The fourth-order valence-electron chi connectivity index (χ4n) is 0.945. The van der Waals surface area contributed by atoms with Crippen LogP contribution in [-0.2, 0) is 0 Å². The summed E-state index contributed by atoms with van der Waals surface area (Å²) in [6.45, 7) is 7.39. The van der Waals surface area contributed by atoms with E-state index in [9.17, 15) is 0 Å². The molecule has 3 heteroatoms. The zero-order valence-electron chi connectivity index (χ0n) is 8.26. The van der Waals surface area contributed by atoms with Crippen LogP contribution in [0.4, 0.5) is 5.82 Å². The van der Waals surface area contributed by atoms with Crippen molar-refractivity contribution < 1.29 is 0 Å². The monoisotopic (exact) mass is 242 g/mol. The third-order valence-corrected chi connectivity index (χ3v) is 2.57. The minimum absolute atomic E-state index is 0.644. The van der Waals surface area contributed by atoms with E-state index in [0.29, 0.717) is 5.92 Å². The SMILES string of the molecule is Cc1cc(NCC(C)C)ncc1Br. The second-order valence-electron chi connectivity index (χ2n) is 3.59. The smallest absolute Gasteiger partial charge is 0.126 e. The van der Waals surface area contributed by atoms with E-state index in [4.69, 9.17) is 0 Å². The summed E-state index contributed by atoms with van der Waals surface area (Å²) < 4.78 is 1.06. The molecule has 13 heavy (non-hydrogen) atoms. The van der Waals surface area contributed by atoms with Crippen LogP contribution in [0.1, 0.15) is 19.4 Å². The molecular weight excluding hydrogens is 228 g/mol. The molecule has 0 aliphatic carbocycles. The summed E-state index contributed by atoms with van der Waals surface area (Å²) in [7, 11) is 0. The molecule has 0 aliphatic heterocycles. The quantitative estimate of drug-likeness (QED) is 0.881. The molecule has 2 nitrogen and oxygen atoms in total. The topological polar surface area (TPSA) is 24.9 Å². The first-order chi connectivity index (χ1) is 6.09. The molecule has 0 radical (unpaired) electrons. The van der Waals surface area contributed by atoms with E-state index in [0.717, 1.165) is 16.8 Å². The summed E-state index contributed by atoms with van der Waals surface area (Å²) >= 11 is 3.42. The van der Waals surface area contributed by atoms with Crippen molar-refractivity contribution in [2.24, 2.45) is 5.92 Å². The third kappa shape index (κ3) is 3.35. The number of aromatic nitrogens is 1. The number of pyridine rings is 1. The van der Waals surface area contributed by atoms with Crippen LogP contribution < -0.4 is 5.32 Å². The average Bonchev–Trinajstić information content (AvgIpc) is 2.07. The van der Waals surface area contributed by atoms with Gasteiger partial charge in [0.25, 0.3) is 0 Å². The molecule has 1 aromatic heterocycles. The molecule has 0 bridgehead atoms. The Bertz CT molecular complexity index is 284. The fraction of sp³-hybridized carbons (Fsp3) is 0.500. The number of hydrogen-bond donors (Lipinski definition) is 1. The van der Waals surface area contributed by atoms with E-state index in [1.54, 1.807) is 0 Å². The van der Waals surface area contributed by atoms with Crippen molar-refractivity contribution in [1.29, 1.82) is 0 Å². The summed E-state index contributed by atoms with van der Waals surface area (Å²) in [6.07, 6.45) is 1.83. The van der Waals surface area contributed by atoms with Crippen molar-refractivity contribution >= 4 is 21.7 Å².